The summed E-state index contributed by atoms with van der Waals surface area (Å²) in [6.07, 6.45) is 0. The zero-order chi connectivity index (χ0) is 16.7. The van der Waals surface area contributed by atoms with E-state index >= 15 is 0 Å². The van der Waals surface area contributed by atoms with Crippen molar-refractivity contribution < 1.29 is 33.4 Å². The minimum atomic E-state index is -0.816. The zero-order valence-corrected chi connectivity index (χ0v) is 12.3. The predicted octanol–water partition coefficient (Wildman–Crippen LogP) is 0.761. The highest BCUT2D eigenvalue weighted by Crippen LogP contribution is 2.22. The summed E-state index contributed by atoms with van der Waals surface area (Å²) in [7, 11) is 2.30. The molecule has 0 spiro atoms. The van der Waals surface area contributed by atoms with Gasteiger partial charge in [-0.05, 0) is 12.1 Å². The Hall–Kier alpha value is -2.90. The van der Waals surface area contributed by atoms with Gasteiger partial charge in [0.05, 0.1) is 31.0 Å². The molecular weight excluding hydrogens is 294 g/mol. The molecule has 0 saturated carbocycles. The molecule has 0 bridgehead atoms. The van der Waals surface area contributed by atoms with Crippen LogP contribution >= 0.6 is 0 Å². The summed E-state index contributed by atoms with van der Waals surface area (Å²) in [5.41, 5.74) is -0.153. The number of carbonyl (C=O) groups is 4. The fraction of sp³-hybridized carbons (Fsp3) is 0.286. The van der Waals surface area contributed by atoms with Gasteiger partial charge in [-0.2, -0.15) is 0 Å². The lowest BCUT2D eigenvalue weighted by Crippen LogP contribution is -2.22. The largest absolute Gasteiger partial charge is 0.465 e. The van der Waals surface area contributed by atoms with Crippen LogP contribution in [-0.4, -0.2) is 44.6 Å². The number of rotatable bonds is 5. The number of nitrogens with one attached hydrogen (secondary N) is 1. The van der Waals surface area contributed by atoms with Crippen LogP contribution in [0.4, 0.5) is 5.69 Å². The lowest BCUT2D eigenvalue weighted by Gasteiger charge is -2.12. The van der Waals surface area contributed by atoms with Gasteiger partial charge in [-0.1, -0.05) is 6.07 Å². The summed E-state index contributed by atoms with van der Waals surface area (Å²) >= 11 is 0. The van der Waals surface area contributed by atoms with Crippen molar-refractivity contribution >= 4 is 29.5 Å². The summed E-state index contributed by atoms with van der Waals surface area (Å²) in [6, 6.07) is 4.23. The van der Waals surface area contributed by atoms with Crippen LogP contribution in [0, 0.1) is 0 Å². The van der Waals surface area contributed by atoms with E-state index in [9.17, 15) is 19.2 Å². The lowest BCUT2D eigenvalue weighted by atomic mass is 10.1. The van der Waals surface area contributed by atoms with Crippen molar-refractivity contribution in [2.45, 2.75) is 6.92 Å². The highest BCUT2D eigenvalue weighted by Gasteiger charge is 2.23. The van der Waals surface area contributed by atoms with Gasteiger partial charge in [0.2, 0.25) is 0 Å². The molecule has 118 valence electrons. The highest BCUT2D eigenvalue weighted by molar-refractivity contribution is 6.09. The van der Waals surface area contributed by atoms with Gasteiger partial charge in [-0.25, -0.2) is 9.59 Å². The first-order valence-electron chi connectivity index (χ1n) is 6.13. The van der Waals surface area contributed by atoms with Gasteiger partial charge in [0.15, 0.2) is 6.61 Å². The van der Waals surface area contributed by atoms with Crippen LogP contribution in [0.2, 0.25) is 0 Å². The molecule has 0 saturated heterocycles. The molecule has 22 heavy (non-hydrogen) atoms. The van der Waals surface area contributed by atoms with Gasteiger partial charge in [0, 0.05) is 6.92 Å². The van der Waals surface area contributed by atoms with Crippen molar-refractivity contribution in [3.8, 4) is 0 Å². The maximum absolute atomic E-state index is 11.9. The minimum Gasteiger partial charge on any atom is -0.465 e. The number of anilines is 1. The molecule has 0 radical (unpaired) electrons. The summed E-state index contributed by atoms with van der Waals surface area (Å²) < 4.78 is 13.7. The number of methoxy groups -OCH3 is 2. The van der Waals surface area contributed by atoms with Gasteiger partial charge in [-0.3, -0.25) is 9.59 Å². The maximum atomic E-state index is 11.9. The zero-order valence-electron chi connectivity index (χ0n) is 12.3. The van der Waals surface area contributed by atoms with Crippen molar-refractivity contribution in [3.63, 3.8) is 0 Å². The van der Waals surface area contributed by atoms with Gasteiger partial charge >= 0.3 is 17.9 Å². The first kappa shape index (κ1) is 17.2. The van der Waals surface area contributed by atoms with Crippen molar-refractivity contribution in [2.75, 3.05) is 26.1 Å². The van der Waals surface area contributed by atoms with Crippen LogP contribution in [0.1, 0.15) is 27.6 Å². The Morgan fingerprint density at radius 2 is 1.68 bits per heavy atom. The number of amides is 1. The van der Waals surface area contributed by atoms with Crippen LogP contribution < -0.4 is 5.32 Å². The number of esters is 3. The van der Waals surface area contributed by atoms with Gasteiger partial charge in [0.1, 0.15) is 0 Å². The average Bonchev–Trinajstić information content (AvgIpc) is 2.51. The molecule has 8 nitrogen and oxygen atoms in total. The molecule has 1 aromatic carbocycles. The first-order valence-corrected chi connectivity index (χ1v) is 6.13. The van der Waals surface area contributed by atoms with Gasteiger partial charge < -0.3 is 19.5 Å². The predicted molar refractivity (Wildman–Crippen MR) is 74.4 cm³/mol. The maximum Gasteiger partial charge on any atom is 0.340 e. The summed E-state index contributed by atoms with van der Waals surface area (Å²) in [5, 5.41) is 2.38. The monoisotopic (exact) mass is 309 g/mol. The molecule has 0 unspecified atom stereocenters. The minimum absolute atomic E-state index is 0.0481. The third-order valence-corrected chi connectivity index (χ3v) is 2.54. The summed E-state index contributed by atoms with van der Waals surface area (Å²) in [4.78, 5) is 45.9. The normalized spacial score (nSPS) is 9.59. The van der Waals surface area contributed by atoms with Crippen molar-refractivity contribution in [1.29, 1.82) is 0 Å². The smallest absolute Gasteiger partial charge is 0.340 e. The standard InChI is InChI=1S/C14H15NO7/c1-8(16)22-7-11(17)15-10-6-4-5-9(13(18)20-2)12(10)14(19)21-3/h4-6H,7H2,1-3H3,(H,15,17). The number of hydrogen-bond acceptors (Lipinski definition) is 7. The lowest BCUT2D eigenvalue weighted by molar-refractivity contribution is -0.144. The Kier molecular flexibility index (Phi) is 6.06. The fourth-order valence-corrected chi connectivity index (χ4v) is 1.61. The van der Waals surface area contributed by atoms with Crippen LogP contribution in [0.25, 0.3) is 0 Å². The van der Waals surface area contributed by atoms with E-state index in [2.05, 4.69) is 19.5 Å². The van der Waals surface area contributed by atoms with Crippen molar-refractivity contribution in [2.24, 2.45) is 0 Å². The molecule has 0 aromatic heterocycles. The average molecular weight is 309 g/mol. The fourth-order valence-electron chi connectivity index (χ4n) is 1.61. The van der Waals surface area contributed by atoms with Crippen molar-refractivity contribution in [3.05, 3.63) is 29.3 Å². The van der Waals surface area contributed by atoms with Gasteiger partial charge in [-0.15, -0.1) is 0 Å². The van der Waals surface area contributed by atoms with Crippen LogP contribution in [0.15, 0.2) is 18.2 Å². The second kappa shape index (κ2) is 7.77. The molecule has 0 heterocycles. The third-order valence-electron chi connectivity index (χ3n) is 2.54. The number of ether oxygens (including phenoxy) is 3. The molecule has 1 N–H and O–H groups in total. The van der Waals surface area contributed by atoms with Gasteiger partial charge in [0.25, 0.3) is 5.91 Å². The summed E-state index contributed by atoms with van der Waals surface area (Å²) in [6.45, 7) is 0.642. The second-order valence-corrected chi connectivity index (χ2v) is 4.04. The molecule has 1 aromatic rings. The third kappa shape index (κ3) is 4.30. The van der Waals surface area contributed by atoms with E-state index in [-0.39, 0.29) is 16.8 Å². The van der Waals surface area contributed by atoms with Crippen molar-refractivity contribution in [1.82, 2.24) is 0 Å². The molecule has 0 aliphatic rings. The number of carbonyl (C=O) groups excluding carboxylic acids is 4. The molecule has 0 aliphatic carbocycles. The highest BCUT2D eigenvalue weighted by atomic mass is 16.5. The van der Waals surface area contributed by atoms with E-state index in [0.29, 0.717) is 0 Å². The molecule has 1 amide bonds. The van der Waals surface area contributed by atoms with Crippen LogP contribution in [0.5, 0.6) is 0 Å². The first-order chi connectivity index (χ1) is 10.4. The molecule has 0 fully saturated rings. The van der Waals surface area contributed by atoms with E-state index in [1.165, 1.54) is 18.2 Å². The second-order valence-electron chi connectivity index (χ2n) is 4.04. The Balaban J connectivity index is 3.13. The quantitative estimate of drug-likeness (QED) is 0.632. The Labute approximate surface area is 126 Å². The summed E-state index contributed by atoms with van der Waals surface area (Å²) in [5.74, 6) is -2.85. The van der Waals surface area contributed by atoms with E-state index in [4.69, 9.17) is 0 Å². The van der Waals surface area contributed by atoms with Crippen LogP contribution in [0.3, 0.4) is 0 Å². The van der Waals surface area contributed by atoms with E-state index in [1.807, 2.05) is 0 Å². The Morgan fingerprint density at radius 3 is 2.23 bits per heavy atom. The van der Waals surface area contributed by atoms with E-state index < -0.39 is 30.4 Å². The Morgan fingerprint density at radius 1 is 1.05 bits per heavy atom. The van der Waals surface area contributed by atoms with E-state index in [1.54, 1.807) is 0 Å². The topological polar surface area (TPSA) is 108 Å². The molecule has 1 rings (SSSR count). The molecule has 0 atom stereocenters. The Bertz CT molecular complexity index is 609. The van der Waals surface area contributed by atoms with Crippen LogP contribution in [-0.2, 0) is 23.8 Å². The van der Waals surface area contributed by atoms with E-state index in [0.717, 1.165) is 21.1 Å². The number of hydrogen-bond donors (Lipinski definition) is 1. The molecule has 8 heteroatoms. The molecular formula is C14H15NO7. The number of benzene rings is 1. The SMILES string of the molecule is COC(=O)c1cccc(NC(=O)COC(C)=O)c1C(=O)OC. The molecule has 0 aliphatic heterocycles.